The Balaban J connectivity index is 3.79. The molecule has 0 amide bonds. The van der Waals surface area contributed by atoms with Gasteiger partial charge in [0.25, 0.3) is 0 Å². The summed E-state index contributed by atoms with van der Waals surface area (Å²) in [5, 5.41) is 0. The zero-order chi connectivity index (χ0) is 10.9. The van der Waals surface area contributed by atoms with E-state index in [-0.39, 0.29) is 0 Å². The fraction of sp³-hybridized carbons (Fsp3) is 0. The topological polar surface area (TPSA) is 0 Å². The standard InChI is InChI=1S/C10H2F4/c1-3-5-6(4-2)8(12)10(14)9(13)7(5)11/h1-2H. The van der Waals surface area contributed by atoms with E-state index in [9.17, 15) is 17.6 Å². The van der Waals surface area contributed by atoms with E-state index < -0.39 is 34.4 Å². The Morgan fingerprint density at radius 1 is 0.643 bits per heavy atom. The van der Waals surface area contributed by atoms with Gasteiger partial charge >= 0.3 is 0 Å². The zero-order valence-corrected chi connectivity index (χ0v) is 6.67. The molecule has 1 aromatic rings. The van der Waals surface area contributed by atoms with Crippen molar-refractivity contribution >= 4 is 0 Å². The molecule has 70 valence electrons. The van der Waals surface area contributed by atoms with Crippen molar-refractivity contribution in [2.75, 3.05) is 0 Å². The third-order valence-electron chi connectivity index (χ3n) is 1.56. The number of halogens is 4. The summed E-state index contributed by atoms with van der Waals surface area (Å²) in [4.78, 5) is 0. The largest absolute Gasteiger partial charge is 0.202 e. The van der Waals surface area contributed by atoms with Crippen LogP contribution in [0.15, 0.2) is 0 Å². The van der Waals surface area contributed by atoms with Crippen LogP contribution in [-0.4, -0.2) is 0 Å². The number of hydrogen-bond acceptors (Lipinski definition) is 0. The van der Waals surface area contributed by atoms with E-state index in [1.54, 1.807) is 11.8 Å². The lowest BCUT2D eigenvalue weighted by Gasteiger charge is -2.03. The van der Waals surface area contributed by atoms with Gasteiger partial charge < -0.3 is 0 Å². The van der Waals surface area contributed by atoms with Crippen molar-refractivity contribution in [1.82, 2.24) is 0 Å². The fourth-order valence-electron chi connectivity index (χ4n) is 0.903. The molecule has 0 heterocycles. The summed E-state index contributed by atoms with van der Waals surface area (Å²) in [6.45, 7) is 0. The van der Waals surface area contributed by atoms with Crippen molar-refractivity contribution in [2.24, 2.45) is 0 Å². The maximum atomic E-state index is 12.9. The molecule has 0 spiro atoms. The van der Waals surface area contributed by atoms with Crippen molar-refractivity contribution in [2.45, 2.75) is 0 Å². The predicted molar refractivity (Wildman–Crippen MR) is 42.1 cm³/mol. The highest BCUT2D eigenvalue weighted by molar-refractivity contribution is 5.50. The minimum atomic E-state index is -1.96. The van der Waals surface area contributed by atoms with E-state index in [0.29, 0.717) is 0 Å². The molecular weight excluding hydrogens is 196 g/mol. The van der Waals surface area contributed by atoms with Crippen molar-refractivity contribution in [1.29, 1.82) is 0 Å². The van der Waals surface area contributed by atoms with E-state index >= 15 is 0 Å². The summed E-state index contributed by atoms with van der Waals surface area (Å²) in [6.07, 6.45) is 9.55. The van der Waals surface area contributed by atoms with Gasteiger partial charge in [0.15, 0.2) is 23.3 Å². The van der Waals surface area contributed by atoms with Gasteiger partial charge in [-0.3, -0.25) is 0 Å². The van der Waals surface area contributed by atoms with Gasteiger partial charge in [-0.05, 0) is 0 Å². The maximum absolute atomic E-state index is 12.9. The summed E-state index contributed by atoms with van der Waals surface area (Å²) >= 11 is 0. The fourth-order valence-corrected chi connectivity index (χ4v) is 0.903. The van der Waals surface area contributed by atoms with Crippen LogP contribution in [0.25, 0.3) is 0 Å². The number of terminal acetylenes is 2. The Morgan fingerprint density at radius 3 is 1.14 bits per heavy atom. The van der Waals surface area contributed by atoms with Crippen LogP contribution in [0.4, 0.5) is 17.6 Å². The Morgan fingerprint density at radius 2 is 0.929 bits per heavy atom. The molecule has 0 bridgehead atoms. The second kappa shape index (κ2) is 3.43. The molecule has 0 radical (unpaired) electrons. The van der Waals surface area contributed by atoms with Gasteiger partial charge in [0.05, 0.1) is 11.1 Å². The van der Waals surface area contributed by atoms with E-state index in [1.807, 2.05) is 0 Å². The zero-order valence-electron chi connectivity index (χ0n) is 6.67. The molecule has 0 nitrogen and oxygen atoms in total. The van der Waals surface area contributed by atoms with Crippen LogP contribution in [0.5, 0.6) is 0 Å². The van der Waals surface area contributed by atoms with E-state index in [0.717, 1.165) is 0 Å². The quantitative estimate of drug-likeness (QED) is 0.259. The average Bonchev–Trinajstić information content (AvgIpc) is 2.20. The molecular formula is C10H2F4. The van der Waals surface area contributed by atoms with Crippen LogP contribution in [0.2, 0.25) is 0 Å². The molecule has 0 N–H and O–H groups in total. The van der Waals surface area contributed by atoms with Crippen molar-refractivity contribution in [3.8, 4) is 24.7 Å². The van der Waals surface area contributed by atoms with Crippen LogP contribution in [0.3, 0.4) is 0 Å². The summed E-state index contributed by atoms with van der Waals surface area (Å²) < 4.78 is 50.9. The lowest BCUT2D eigenvalue weighted by molar-refractivity contribution is 0.406. The van der Waals surface area contributed by atoms with Crippen LogP contribution in [-0.2, 0) is 0 Å². The first kappa shape index (κ1) is 10.1. The Hall–Kier alpha value is -1.94. The SMILES string of the molecule is C#Cc1c(F)c(F)c(F)c(F)c1C#C. The minimum absolute atomic E-state index is 0.788. The molecule has 1 aromatic carbocycles. The summed E-state index contributed by atoms with van der Waals surface area (Å²) in [7, 11) is 0. The molecule has 0 aromatic heterocycles. The molecule has 0 aliphatic carbocycles. The van der Waals surface area contributed by atoms with Crippen molar-refractivity contribution in [3.63, 3.8) is 0 Å². The first-order valence-corrected chi connectivity index (χ1v) is 3.33. The third-order valence-corrected chi connectivity index (χ3v) is 1.56. The van der Waals surface area contributed by atoms with Crippen LogP contribution < -0.4 is 0 Å². The summed E-state index contributed by atoms with van der Waals surface area (Å²) in [5.41, 5.74) is -1.58. The first-order valence-electron chi connectivity index (χ1n) is 3.33. The van der Waals surface area contributed by atoms with Crippen LogP contribution in [0, 0.1) is 48.0 Å². The summed E-state index contributed by atoms with van der Waals surface area (Å²) in [6, 6.07) is 0. The molecule has 0 saturated heterocycles. The Bertz CT molecular complexity index is 430. The highest BCUT2D eigenvalue weighted by Crippen LogP contribution is 2.22. The summed E-state index contributed by atoms with van der Waals surface area (Å²) in [5.74, 6) is -3.91. The molecule has 0 saturated carbocycles. The number of rotatable bonds is 0. The van der Waals surface area contributed by atoms with Gasteiger partial charge in [-0.1, -0.05) is 11.8 Å². The molecule has 4 heteroatoms. The van der Waals surface area contributed by atoms with Crippen LogP contribution in [0.1, 0.15) is 11.1 Å². The van der Waals surface area contributed by atoms with Crippen LogP contribution >= 0.6 is 0 Å². The lowest BCUT2D eigenvalue weighted by atomic mass is 10.1. The smallest absolute Gasteiger partial charge is 0.198 e. The third kappa shape index (κ3) is 1.22. The maximum Gasteiger partial charge on any atom is 0.198 e. The van der Waals surface area contributed by atoms with E-state index in [4.69, 9.17) is 12.8 Å². The molecule has 0 aliphatic rings. The molecule has 1 rings (SSSR count). The lowest BCUT2D eigenvalue weighted by Crippen LogP contribution is -2.04. The number of hydrogen-bond donors (Lipinski definition) is 0. The minimum Gasteiger partial charge on any atom is -0.202 e. The normalized spacial score (nSPS) is 9.29. The van der Waals surface area contributed by atoms with Gasteiger partial charge in [-0.15, -0.1) is 12.8 Å². The van der Waals surface area contributed by atoms with E-state index in [1.165, 1.54) is 0 Å². The number of benzene rings is 1. The first-order chi connectivity index (χ1) is 6.54. The second-order valence-electron chi connectivity index (χ2n) is 2.29. The predicted octanol–water partition coefficient (Wildman–Crippen LogP) is 2.21. The van der Waals surface area contributed by atoms with Gasteiger partial charge in [0.2, 0.25) is 0 Å². The van der Waals surface area contributed by atoms with Crippen molar-refractivity contribution in [3.05, 3.63) is 34.4 Å². The van der Waals surface area contributed by atoms with Gasteiger partial charge in [0, 0.05) is 0 Å². The molecule has 0 unspecified atom stereocenters. The monoisotopic (exact) mass is 198 g/mol. The molecule has 0 atom stereocenters. The van der Waals surface area contributed by atoms with E-state index in [2.05, 4.69) is 0 Å². The van der Waals surface area contributed by atoms with Gasteiger partial charge in [0.1, 0.15) is 0 Å². The average molecular weight is 198 g/mol. The Kier molecular flexibility index (Phi) is 2.49. The van der Waals surface area contributed by atoms with Gasteiger partial charge in [-0.2, -0.15) is 0 Å². The van der Waals surface area contributed by atoms with Crippen molar-refractivity contribution < 1.29 is 17.6 Å². The highest BCUT2D eigenvalue weighted by atomic mass is 19.2. The highest BCUT2D eigenvalue weighted by Gasteiger charge is 2.23. The Labute approximate surface area is 77.6 Å². The molecule has 0 fully saturated rings. The van der Waals surface area contributed by atoms with Gasteiger partial charge in [-0.25, -0.2) is 17.6 Å². The molecule has 14 heavy (non-hydrogen) atoms. The molecule has 0 aliphatic heterocycles. The second-order valence-corrected chi connectivity index (χ2v) is 2.29.